The van der Waals surface area contributed by atoms with Gasteiger partial charge in [0.05, 0.1) is 88.8 Å². The maximum Gasteiger partial charge on any atom is 0.304 e. The van der Waals surface area contributed by atoms with Crippen LogP contribution in [0, 0.1) is 34.0 Å². The summed E-state index contributed by atoms with van der Waals surface area (Å²) in [4.78, 5) is 98.5. The molecular weight excluding hydrogens is 1490 g/mol. The average Bonchev–Trinajstić information content (AvgIpc) is 0.745. The molecule has 9 aromatic rings. The largest absolute Gasteiger partial charge is 0.481 e. The molecule has 3 aliphatic heterocycles. The van der Waals surface area contributed by atoms with E-state index >= 15 is 0 Å². The minimum atomic E-state index is -1.11. The Hall–Kier alpha value is -8.67. The summed E-state index contributed by atoms with van der Waals surface area (Å²) in [7, 11) is 0. The van der Waals surface area contributed by atoms with E-state index in [4.69, 9.17) is 69.6 Å². The molecule has 3 fully saturated rings. The van der Waals surface area contributed by atoms with Gasteiger partial charge in [-0.1, -0.05) is 223 Å². The van der Waals surface area contributed by atoms with E-state index in [-0.39, 0.29) is 109 Å². The highest BCUT2D eigenvalue weighted by Crippen LogP contribution is 2.58. The summed E-state index contributed by atoms with van der Waals surface area (Å²) in [6.07, 6.45) is 5.49. The number of carboxylic acid groups (broad SMARTS) is 3. The van der Waals surface area contributed by atoms with Gasteiger partial charge in [0.2, 0.25) is 17.7 Å². The van der Waals surface area contributed by atoms with Gasteiger partial charge in [-0.25, -0.2) is 0 Å². The van der Waals surface area contributed by atoms with Crippen molar-refractivity contribution in [3.8, 4) is 0 Å². The van der Waals surface area contributed by atoms with Crippen molar-refractivity contribution in [2.24, 2.45) is 34.0 Å². The predicted octanol–water partition coefficient (Wildman–Crippen LogP) is 22.0. The van der Waals surface area contributed by atoms with Gasteiger partial charge in [-0.3, -0.25) is 43.7 Å². The Morgan fingerprint density at radius 2 is 0.593 bits per heavy atom. The molecule has 108 heavy (non-hydrogen) atoms. The second kappa shape index (κ2) is 35.3. The van der Waals surface area contributed by atoms with Gasteiger partial charge in [-0.15, -0.1) is 0 Å². The van der Waals surface area contributed by atoms with Crippen LogP contribution in [0.3, 0.4) is 0 Å². The molecule has 3 N–H and O–H groups in total. The van der Waals surface area contributed by atoms with Crippen LogP contribution >= 0.6 is 69.6 Å². The molecule has 6 aromatic carbocycles. The summed E-state index contributed by atoms with van der Waals surface area (Å²) in [5.41, 5.74) is 4.64. The molecule has 21 heteroatoms. The highest BCUT2D eigenvalue weighted by atomic mass is 35.5. The number of aromatic nitrogens is 3. The van der Waals surface area contributed by atoms with Crippen molar-refractivity contribution in [1.29, 1.82) is 0 Å². The second-order valence-electron chi connectivity index (χ2n) is 30.4. The molecular formula is C87H90Cl6N6O9. The van der Waals surface area contributed by atoms with E-state index in [1.165, 1.54) is 0 Å². The minimum absolute atomic E-state index is 0.0193. The zero-order chi connectivity index (χ0) is 78.1. The summed E-state index contributed by atoms with van der Waals surface area (Å²) in [5, 5.41) is 33.0. The Bertz CT molecular complexity index is 4160. The van der Waals surface area contributed by atoms with Crippen LogP contribution in [0.25, 0.3) is 0 Å². The fourth-order valence-electron chi connectivity index (χ4n) is 16.6. The number of carbonyl (C=O) groups is 6. The quantitative estimate of drug-likeness (QED) is 0.0613. The third-order valence-electron chi connectivity index (χ3n) is 21.2. The molecule has 3 aromatic heterocycles. The number of hydrogen-bond acceptors (Lipinski definition) is 9. The number of benzene rings is 6. The smallest absolute Gasteiger partial charge is 0.304 e. The van der Waals surface area contributed by atoms with Gasteiger partial charge in [-0.2, -0.15) is 0 Å². The van der Waals surface area contributed by atoms with Crippen LogP contribution in [-0.2, 0) is 28.8 Å². The molecule has 564 valence electrons. The molecule has 0 bridgehead atoms. The maximum atomic E-state index is 14.4. The molecule has 15 nitrogen and oxygen atoms in total. The van der Waals surface area contributed by atoms with Crippen LogP contribution in [0.2, 0.25) is 30.1 Å². The molecule has 3 aliphatic rings. The van der Waals surface area contributed by atoms with Crippen LogP contribution in [-0.4, -0.2) is 80.6 Å². The lowest BCUT2D eigenvalue weighted by Gasteiger charge is -2.52. The van der Waals surface area contributed by atoms with Gasteiger partial charge in [0.15, 0.2) is 0 Å². The number of carbonyl (C=O) groups excluding carboxylic acids is 3. The SMILES string of the molecule is CC(C)[C@@H](c1ccccn1)N1C(=O)[C@@](C)(CC(=O)O)C[C@H](c2cccc(Cl)c2)C1c1ccc(Cl)cc1.CC(C)[C@@H](c1ccccn1)N1C(=O)[C@@](C)(CC(=O)O)C[C@H](c2cccc(Cl)c2)C1c1ccc(Cl)cc1.CC(C)[C@H](c1ccccn1)N1C(=O)[C@@](C)(CC(=O)O)C[C@H](c2cccc(Cl)c2)C1c1ccc(Cl)cc1. The third kappa shape index (κ3) is 18.8. The number of piperidine rings is 3. The minimum Gasteiger partial charge on any atom is -0.481 e. The molecule has 6 heterocycles. The fraction of sp³-hybridized carbons (Fsp3) is 0.345. The number of pyridine rings is 3. The second-order valence-corrected chi connectivity index (χ2v) is 33.1. The molecule has 0 radical (unpaired) electrons. The lowest BCUT2D eigenvalue weighted by Crippen LogP contribution is -2.54. The van der Waals surface area contributed by atoms with Gasteiger partial charge < -0.3 is 30.0 Å². The van der Waals surface area contributed by atoms with Gasteiger partial charge in [-0.05, 0) is 180 Å². The Labute approximate surface area is 662 Å². The van der Waals surface area contributed by atoms with Gasteiger partial charge in [0, 0.05) is 66.5 Å². The zero-order valence-electron chi connectivity index (χ0n) is 61.7. The number of likely N-dealkylation sites (tertiary alicyclic amines) is 3. The van der Waals surface area contributed by atoms with Crippen LogP contribution in [0.1, 0.15) is 205 Å². The molecule has 12 rings (SSSR count). The van der Waals surface area contributed by atoms with Gasteiger partial charge >= 0.3 is 17.9 Å². The molecule has 0 aliphatic carbocycles. The van der Waals surface area contributed by atoms with Crippen LogP contribution in [0.5, 0.6) is 0 Å². The van der Waals surface area contributed by atoms with Crippen molar-refractivity contribution >= 4 is 105 Å². The number of nitrogens with zero attached hydrogens (tertiary/aromatic N) is 6. The third-order valence-corrected chi connectivity index (χ3v) is 22.6. The summed E-state index contributed by atoms with van der Waals surface area (Å²) >= 11 is 37.9. The van der Waals surface area contributed by atoms with Crippen molar-refractivity contribution in [2.45, 2.75) is 155 Å². The standard InChI is InChI=1S/3C29H30Cl2N2O3/c3*1-18(2)26(24-9-4-5-14-32-24)33-27(19-10-12-21(30)13-11-19)23(20-7-6-8-22(31)15-20)16-29(3,28(33)36)17-25(34)35/h3*4-15,18,23,26-27H,16-17H2,1-3H3,(H,34,35)/t2*23-,26+,27?,29-;23-,26-,27?,29-/m111/s1. The van der Waals surface area contributed by atoms with Crippen LogP contribution in [0.15, 0.2) is 219 Å². The van der Waals surface area contributed by atoms with E-state index in [0.29, 0.717) is 49.4 Å². The summed E-state index contributed by atoms with van der Waals surface area (Å²) in [6, 6.07) is 60.3. The first-order valence-electron chi connectivity index (χ1n) is 36.2. The first-order valence-corrected chi connectivity index (χ1v) is 38.5. The summed E-state index contributed by atoms with van der Waals surface area (Å²) in [6.45, 7) is 17.6. The van der Waals surface area contributed by atoms with E-state index in [2.05, 4.69) is 56.5 Å². The molecule has 0 spiro atoms. The highest BCUT2D eigenvalue weighted by molar-refractivity contribution is 6.32. The maximum absolute atomic E-state index is 14.4. The lowest BCUT2D eigenvalue weighted by atomic mass is 9.66. The van der Waals surface area contributed by atoms with Crippen molar-refractivity contribution in [1.82, 2.24) is 29.7 Å². The molecule has 3 unspecified atom stereocenters. The van der Waals surface area contributed by atoms with E-state index < -0.39 is 34.2 Å². The number of amides is 3. The Kier molecular flexibility index (Phi) is 26.8. The van der Waals surface area contributed by atoms with E-state index in [1.54, 1.807) is 39.4 Å². The molecule has 12 atom stereocenters. The van der Waals surface area contributed by atoms with Crippen LogP contribution in [0.4, 0.5) is 0 Å². The first-order chi connectivity index (χ1) is 51.3. The predicted molar refractivity (Wildman–Crippen MR) is 426 cm³/mol. The van der Waals surface area contributed by atoms with E-state index in [0.717, 1.165) is 50.5 Å². The number of rotatable bonds is 21. The van der Waals surface area contributed by atoms with Crippen molar-refractivity contribution < 1.29 is 44.1 Å². The van der Waals surface area contributed by atoms with Gasteiger partial charge in [0.25, 0.3) is 0 Å². The number of carboxylic acids is 3. The number of halogens is 6. The Balaban J connectivity index is 0.000000173. The fourth-order valence-corrected chi connectivity index (χ4v) is 17.6. The Morgan fingerprint density at radius 3 is 0.787 bits per heavy atom. The summed E-state index contributed by atoms with van der Waals surface area (Å²) in [5.74, 6) is -4.10. The van der Waals surface area contributed by atoms with Crippen molar-refractivity contribution in [3.05, 3.63) is 299 Å². The monoisotopic (exact) mass is 1570 g/mol. The zero-order valence-corrected chi connectivity index (χ0v) is 66.2. The summed E-state index contributed by atoms with van der Waals surface area (Å²) < 4.78 is 0. The average molecular weight is 1580 g/mol. The highest BCUT2D eigenvalue weighted by Gasteiger charge is 2.57. The van der Waals surface area contributed by atoms with Crippen LogP contribution < -0.4 is 0 Å². The van der Waals surface area contributed by atoms with E-state index in [9.17, 15) is 44.1 Å². The van der Waals surface area contributed by atoms with Crippen molar-refractivity contribution in [2.75, 3.05) is 0 Å². The molecule has 3 saturated heterocycles. The molecule has 3 amide bonds. The van der Waals surface area contributed by atoms with Gasteiger partial charge in [0.1, 0.15) is 0 Å². The number of hydrogen-bond donors (Lipinski definition) is 3. The first kappa shape index (κ1) is 81.8. The van der Waals surface area contributed by atoms with E-state index in [1.807, 2.05) is 215 Å². The number of aliphatic carboxylic acids is 3. The normalized spacial score (nSPS) is 23.1. The molecule has 0 saturated carbocycles. The van der Waals surface area contributed by atoms with Crippen molar-refractivity contribution in [3.63, 3.8) is 0 Å². The topological polar surface area (TPSA) is 211 Å². The lowest BCUT2D eigenvalue weighted by molar-refractivity contribution is -0.162. The Morgan fingerprint density at radius 1 is 0.352 bits per heavy atom.